The van der Waals surface area contributed by atoms with Crippen LogP contribution in [0.2, 0.25) is 0 Å². The van der Waals surface area contributed by atoms with Crippen LogP contribution >= 0.6 is 11.3 Å². The Hall–Kier alpha value is -0.380. The first-order valence-electron chi connectivity index (χ1n) is 8.48. The number of nitrogens with one attached hydrogen (secondary N) is 1. The van der Waals surface area contributed by atoms with Crippen molar-refractivity contribution < 1.29 is 0 Å². The predicted molar refractivity (Wildman–Crippen MR) is 92.0 cm³/mol. The number of thiophene rings is 1. The lowest BCUT2D eigenvalue weighted by Gasteiger charge is -2.44. The van der Waals surface area contributed by atoms with E-state index in [-0.39, 0.29) is 0 Å². The van der Waals surface area contributed by atoms with Crippen molar-refractivity contribution in [1.29, 1.82) is 0 Å². The van der Waals surface area contributed by atoms with Crippen LogP contribution in [0, 0.1) is 11.3 Å². The van der Waals surface area contributed by atoms with E-state index in [1.54, 1.807) is 10.4 Å². The fourth-order valence-corrected chi connectivity index (χ4v) is 5.38. The van der Waals surface area contributed by atoms with Gasteiger partial charge in [-0.1, -0.05) is 13.8 Å². The van der Waals surface area contributed by atoms with Crippen molar-refractivity contribution >= 4 is 11.3 Å². The fraction of sp³-hybridized carbons (Fsp3) is 0.778. The topological polar surface area (TPSA) is 15.3 Å². The summed E-state index contributed by atoms with van der Waals surface area (Å²) in [7, 11) is 2.15. The number of nitrogens with zero attached hydrogens (tertiary/aromatic N) is 1. The molecule has 1 aliphatic heterocycles. The van der Waals surface area contributed by atoms with Crippen LogP contribution in [0.4, 0.5) is 0 Å². The number of fused-ring (bicyclic) bond motifs is 1. The third-order valence-electron chi connectivity index (χ3n) is 5.76. The van der Waals surface area contributed by atoms with E-state index in [0.29, 0.717) is 17.5 Å². The minimum absolute atomic E-state index is 0.518. The molecule has 0 amide bonds. The quantitative estimate of drug-likeness (QED) is 0.905. The molecule has 21 heavy (non-hydrogen) atoms. The summed E-state index contributed by atoms with van der Waals surface area (Å²) < 4.78 is 0. The zero-order valence-electron chi connectivity index (χ0n) is 14.0. The van der Waals surface area contributed by atoms with Crippen LogP contribution in [0.3, 0.4) is 0 Å². The van der Waals surface area contributed by atoms with Gasteiger partial charge in [0.2, 0.25) is 0 Å². The van der Waals surface area contributed by atoms with Crippen LogP contribution in [0.5, 0.6) is 0 Å². The average molecular weight is 307 g/mol. The maximum absolute atomic E-state index is 3.59. The molecule has 3 unspecified atom stereocenters. The van der Waals surface area contributed by atoms with E-state index < -0.39 is 0 Å². The Morgan fingerprint density at radius 1 is 1.43 bits per heavy atom. The van der Waals surface area contributed by atoms with E-state index in [0.717, 1.165) is 5.92 Å². The normalized spacial score (nSPS) is 32.9. The molecule has 1 aliphatic carbocycles. The molecule has 1 aromatic rings. The lowest BCUT2D eigenvalue weighted by Crippen LogP contribution is -2.47. The minimum atomic E-state index is 0.518. The molecule has 2 heterocycles. The number of hydrogen-bond donors (Lipinski definition) is 1. The molecular formula is C18H30N2S. The largest absolute Gasteiger partial charge is 0.317 e. The molecule has 2 aliphatic rings. The third-order valence-corrected chi connectivity index (χ3v) is 6.76. The maximum atomic E-state index is 3.59. The van der Waals surface area contributed by atoms with Gasteiger partial charge in [-0.2, -0.15) is 0 Å². The maximum Gasteiger partial charge on any atom is 0.0331 e. The molecule has 1 N–H and O–H groups in total. The number of hydrogen-bond acceptors (Lipinski definition) is 3. The average Bonchev–Trinajstić information content (AvgIpc) is 2.90. The Morgan fingerprint density at radius 2 is 2.24 bits per heavy atom. The molecule has 3 rings (SSSR count). The summed E-state index contributed by atoms with van der Waals surface area (Å²) in [4.78, 5) is 4.35. The number of rotatable bonds is 3. The lowest BCUT2D eigenvalue weighted by molar-refractivity contribution is 0.0837. The highest BCUT2D eigenvalue weighted by molar-refractivity contribution is 7.10. The van der Waals surface area contributed by atoms with Gasteiger partial charge in [0.05, 0.1) is 0 Å². The van der Waals surface area contributed by atoms with Gasteiger partial charge in [-0.3, -0.25) is 4.90 Å². The zero-order valence-corrected chi connectivity index (χ0v) is 14.8. The predicted octanol–water partition coefficient (Wildman–Crippen LogP) is 4.08. The van der Waals surface area contributed by atoms with Crippen LogP contribution in [-0.2, 0) is 6.42 Å². The molecular weight excluding hydrogens is 276 g/mol. The van der Waals surface area contributed by atoms with Gasteiger partial charge in [0.15, 0.2) is 0 Å². The molecule has 0 saturated heterocycles. The van der Waals surface area contributed by atoms with E-state index >= 15 is 0 Å². The Bertz CT molecular complexity index is 479. The van der Waals surface area contributed by atoms with E-state index in [4.69, 9.17) is 0 Å². The van der Waals surface area contributed by atoms with Crippen molar-refractivity contribution in [2.24, 2.45) is 11.3 Å². The summed E-state index contributed by atoms with van der Waals surface area (Å²) in [5.74, 6) is 0.793. The van der Waals surface area contributed by atoms with Crippen LogP contribution < -0.4 is 5.32 Å². The van der Waals surface area contributed by atoms with E-state index in [1.165, 1.54) is 38.8 Å². The van der Waals surface area contributed by atoms with E-state index in [1.807, 2.05) is 11.3 Å². The minimum Gasteiger partial charge on any atom is -0.317 e. The van der Waals surface area contributed by atoms with Crippen LogP contribution in [-0.4, -0.2) is 31.1 Å². The fourth-order valence-electron chi connectivity index (χ4n) is 4.42. The molecule has 0 bridgehead atoms. The summed E-state index contributed by atoms with van der Waals surface area (Å²) >= 11 is 1.94. The van der Waals surface area contributed by atoms with Crippen molar-refractivity contribution in [1.82, 2.24) is 10.2 Å². The van der Waals surface area contributed by atoms with Crippen LogP contribution in [0.25, 0.3) is 0 Å². The highest BCUT2D eigenvalue weighted by Crippen LogP contribution is 2.41. The second-order valence-corrected chi connectivity index (χ2v) is 8.78. The second-order valence-electron chi connectivity index (χ2n) is 7.78. The van der Waals surface area contributed by atoms with Gasteiger partial charge >= 0.3 is 0 Å². The van der Waals surface area contributed by atoms with Gasteiger partial charge in [0.1, 0.15) is 0 Å². The van der Waals surface area contributed by atoms with E-state index in [2.05, 4.69) is 49.5 Å². The van der Waals surface area contributed by atoms with Crippen molar-refractivity contribution in [3.63, 3.8) is 0 Å². The molecule has 1 aromatic heterocycles. The zero-order chi connectivity index (χ0) is 15.0. The molecule has 0 aromatic carbocycles. The van der Waals surface area contributed by atoms with Gasteiger partial charge in [0, 0.05) is 30.1 Å². The SMILES string of the molecule is CNC1CCC(C)(C)CC1CN1CCc2sccc2C1C. The molecule has 3 heteroatoms. The van der Waals surface area contributed by atoms with Gasteiger partial charge in [0.25, 0.3) is 0 Å². The second kappa shape index (κ2) is 6.02. The van der Waals surface area contributed by atoms with Crippen molar-refractivity contribution in [3.8, 4) is 0 Å². The smallest absolute Gasteiger partial charge is 0.0331 e. The summed E-state index contributed by atoms with van der Waals surface area (Å²) in [6.07, 6.45) is 5.30. The molecule has 3 atom stereocenters. The van der Waals surface area contributed by atoms with Crippen molar-refractivity contribution in [2.45, 2.75) is 58.5 Å². The van der Waals surface area contributed by atoms with Gasteiger partial charge in [-0.25, -0.2) is 0 Å². The highest BCUT2D eigenvalue weighted by atomic mass is 32.1. The Morgan fingerprint density at radius 3 is 3.00 bits per heavy atom. The molecule has 118 valence electrons. The van der Waals surface area contributed by atoms with Crippen molar-refractivity contribution in [2.75, 3.05) is 20.1 Å². The molecule has 0 radical (unpaired) electrons. The van der Waals surface area contributed by atoms with Crippen molar-refractivity contribution in [3.05, 3.63) is 21.9 Å². The van der Waals surface area contributed by atoms with Crippen LogP contribution in [0.15, 0.2) is 11.4 Å². The summed E-state index contributed by atoms with van der Waals surface area (Å²) in [6.45, 7) is 9.78. The molecule has 2 nitrogen and oxygen atoms in total. The van der Waals surface area contributed by atoms with Gasteiger partial charge < -0.3 is 5.32 Å². The summed E-state index contributed by atoms with van der Waals surface area (Å²) in [5.41, 5.74) is 2.10. The lowest BCUT2D eigenvalue weighted by atomic mass is 9.69. The monoisotopic (exact) mass is 306 g/mol. The first-order valence-corrected chi connectivity index (χ1v) is 9.36. The van der Waals surface area contributed by atoms with Gasteiger partial charge in [-0.05, 0) is 68.0 Å². The first kappa shape index (κ1) is 15.5. The standard InChI is InChI=1S/C18H30N2S/c1-13-15-7-10-21-17(15)6-9-20(13)12-14-11-18(2,3)8-5-16(14)19-4/h7,10,13-14,16,19H,5-6,8-9,11-12H2,1-4H3. The molecule has 0 spiro atoms. The molecule has 1 saturated carbocycles. The summed E-state index contributed by atoms with van der Waals surface area (Å²) in [6, 6.07) is 3.65. The Kier molecular flexibility index (Phi) is 4.45. The Labute approximate surface area is 133 Å². The third kappa shape index (κ3) is 3.20. The first-order chi connectivity index (χ1) is 10.00. The summed E-state index contributed by atoms with van der Waals surface area (Å²) in [5, 5.41) is 5.85. The Balaban J connectivity index is 1.70. The van der Waals surface area contributed by atoms with Crippen LogP contribution in [0.1, 0.15) is 56.5 Å². The van der Waals surface area contributed by atoms with Gasteiger partial charge in [-0.15, -0.1) is 11.3 Å². The highest BCUT2D eigenvalue weighted by Gasteiger charge is 2.36. The molecule has 1 fully saturated rings. The van der Waals surface area contributed by atoms with E-state index in [9.17, 15) is 0 Å².